The van der Waals surface area contributed by atoms with Crippen LogP contribution in [0.1, 0.15) is 12.5 Å². The molecule has 2 heterocycles. The lowest BCUT2D eigenvalue weighted by Crippen LogP contribution is -2.42. The van der Waals surface area contributed by atoms with Gasteiger partial charge in [0.15, 0.2) is 0 Å². The Bertz CT molecular complexity index is 1120. The molecule has 0 radical (unpaired) electrons. The van der Waals surface area contributed by atoms with E-state index >= 15 is 0 Å². The van der Waals surface area contributed by atoms with Gasteiger partial charge in [0.1, 0.15) is 23.1 Å². The molecule has 2 N–H and O–H groups in total. The van der Waals surface area contributed by atoms with E-state index in [1.807, 2.05) is 6.07 Å². The van der Waals surface area contributed by atoms with Gasteiger partial charge in [-0.25, -0.2) is 4.79 Å². The quantitative estimate of drug-likeness (QED) is 0.583. The van der Waals surface area contributed by atoms with Crippen molar-refractivity contribution in [3.63, 3.8) is 0 Å². The van der Waals surface area contributed by atoms with Gasteiger partial charge in [0, 0.05) is 4.47 Å². The summed E-state index contributed by atoms with van der Waals surface area (Å²) in [6.07, 6.45) is 0. The van der Waals surface area contributed by atoms with Gasteiger partial charge in [-0.15, -0.1) is 0 Å². The normalized spacial score (nSPS) is 19.1. The highest BCUT2D eigenvalue weighted by Crippen LogP contribution is 2.30. The van der Waals surface area contributed by atoms with Crippen molar-refractivity contribution >= 4 is 62.2 Å². The molecule has 1 unspecified atom stereocenters. The maximum absolute atomic E-state index is 12.9. The fourth-order valence-electron chi connectivity index (χ4n) is 3.08. The van der Waals surface area contributed by atoms with Gasteiger partial charge in [0.2, 0.25) is 5.91 Å². The third-order valence-electron chi connectivity index (χ3n) is 4.54. The number of imide groups is 1. The molecule has 1 fully saturated rings. The summed E-state index contributed by atoms with van der Waals surface area (Å²) < 4.78 is 9.06. The van der Waals surface area contributed by atoms with Crippen LogP contribution in [-0.4, -0.2) is 38.0 Å². The number of anilines is 1. The van der Waals surface area contributed by atoms with Gasteiger partial charge >= 0.3 is 6.03 Å². The number of benzene rings is 2. The summed E-state index contributed by atoms with van der Waals surface area (Å²) in [6.45, 7) is 1.22. The molecule has 2 aromatic carbocycles. The largest absolute Gasteiger partial charge is 0.325 e. The number of fused-ring (bicyclic) bond motifs is 1. The molecule has 28 heavy (non-hydrogen) atoms. The van der Waals surface area contributed by atoms with E-state index in [1.165, 1.54) is 0 Å². The Labute approximate surface area is 172 Å². The van der Waals surface area contributed by atoms with E-state index in [1.54, 1.807) is 43.3 Å². The fourth-order valence-corrected chi connectivity index (χ4v) is 4.02. The van der Waals surface area contributed by atoms with Gasteiger partial charge in [-0.3, -0.25) is 14.5 Å². The molecule has 1 aliphatic rings. The molecule has 0 spiro atoms. The number of carbonyl (C=O) groups excluding carboxylic acids is 3. The first kappa shape index (κ1) is 18.5. The molecule has 1 saturated heterocycles. The van der Waals surface area contributed by atoms with E-state index in [-0.39, 0.29) is 0 Å². The number of carbonyl (C=O) groups is 3. The minimum absolute atomic E-state index is 0.401. The SMILES string of the molecule is CC1(c2cccc(Br)c2)NC(=O)N(CC(=O)Nc2cccc3nsnc23)C1=O. The maximum Gasteiger partial charge on any atom is 0.325 e. The molecular weight excluding hydrogens is 446 g/mol. The Morgan fingerprint density at radius 2 is 2.04 bits per heavy atom. The van der Waals surface area contributed by atoms with Crippen LogP contribution in [0.25, 0.3) is 11.0 Å². The van der Waals surface area contributed by atoms with Crippen molar-refractivity contribution in [3.8, 4) is 0 Å². The first-order valence-corrected chi connectivity index (χ1v) is 9.82. The monoisotopic (exact) mass is 459 g/mol. The average molecular weight is 460 g/mol. The lowest BCUT2D eigenvalue weighted by Gasteiger charge is -2.22. The Balaban J connectivity index is 1.53. The molecule has 0 bridgehead atoms. The zero-order valence-corrected chi connectivity index (χ0v) is 17.0. The number of rotatable bonds is 4. The lowest BCUT2D eigenvalue weighted by molar-refractivity contribution is -0.133. The van der Waals surface area contributed by atoms with Crippen molar-refractivity contribution in [2.75, 3.05) is 11.9 Å². The van der Waals surface area contributed by atoms with Crippen LogP contribution in [0.4, 0.5) is 10.5 Å². The van der Waals surface area contributed by atoms with Gasteiger partial charge < -0.3 is 10.6 Å². The zero-order valence-electron chi connectivity index (χ0n) is 14.6. The number of nitrogens with one attached hydrogen (secondary N) is 2. The first-order valence-electron chi connectivity index (χ1n) is 8.30. The van der Waals surface area contributed by atoms with E-state index < -0.39 is 29.9 Å². The third kappa shape index (κ3) is 3.14. The van der Waals surface area contributed by atoms with Crippen LogP contribution in [0.5, 0.6) is 0 Å². The number of nitrogens with zero attached hydrogens (tertiary/aromatic N) is 3. The molecule has 0 aliphatic carbocycles. The predicted octanol–water partition coefficient (Wildman–Crippen LogP) is 2.86. The van der Waals surface area contributed by atoms with Crippen molar-refractivity contribution in [2.24, 2.45) is 0 Å². The molecule has 142 valence electrons. The minimum Gasteiger partial charge on any atom is -0.323 e. The Morgan fingerprint density at radius 1 is 1.25 bits per heavy atom. The summed E-state index contributed by atoms with van der Waals surface area (Å²) in [5.74, 6) is -0.984. The fraction of sp³-hybridized carbons (Fsp3) is 0.167. The summed E-state index contributed by atoms with van der Waals surface area (Å²) in [5, 5.41) is 5.38. The van der Waals surface area contributed by atoms with Gasteiger partial charge in [0.05, 0.1) is 17.4 Å². The van der Waals surface area contributed by atoms with E-state index in [4.69, 9.17) is 0 Å². The predicted molar refractivity (Wildman–Crippen MR) is 108 cm³/mol. The highest BCUT2D eigenvalue weighted by molar-refractivity contribution is 9.10. The second kappa shape index (κ2) is 6.95. The molecule has 3 aromatic rings. The van der Waals surface area contributed by atoms with E-state index in [0.717, 1.165) is 21.1 Å². The van der Waals surface area contributed by atoms with Gasteiger partial charge in [-0.05, 0) is 36.8 Å². The highest BCUT2D eigenvalue weighted by atomic mass is 79.9. The van der Waals surface area contributed by atoms with Crippen LogP contribution in [0.2, 0.25) is 0 Å². The Kier molecular flexibility index (Phi) is 4.60. The van der Waals surface area contributed by atoms with Crippen LogP contribution in [0.15, 0.2) is 46.9 Å². The molecule has 0 saturated carbocycles. The molecule has 8 nitrogen and oxygen atoms in total. The maximum atomic E-state index is 12.9. The van der Waals surface area contributed by atoms with Crippen LogP contribution in [0.3, 0.4) is 0 Å². The van der Waals surface area contributed by atoms with Crippen molar-refractivity contribution in [2.45, 2.75) is 12.5 Å². The van der Waals surface area contributed by atoms with Crippen molar-refractivity contribution in [3.05, 3.63) is 52.5 Å². The van der Waals surface area contributed by atoms with Gasteiger partial charge in [0.25, 0.3) is 5.91 Å². The third-order valence-corrected chi connectivity index (χ3v) is 5.57. The number of halogens is 1. The lowest BCUT2D eigenvalue weighted by atomic mass is 9.92. The summed E-state index contributed by atoms with van der Waals surface area (Å²) >= 11 is 4.41. The smallest absolute Gasteiger partial charge is 0.323 e. The molecule has 4 amide bonds. The summed E-state index contributed by atoms with van der Waals surface area (Å²) in [6, 6.07) is 11.7. The second-order valence-corrected chi connectivity index (χ2v) is 7.89. The standard InChI is InChI=1S/C18H14BrN5O3S/c1-18(10-4-2-5-11(19)8-10)16(26)24(17(27)21-18)9-14(25)20-12-6-3-7-13-15(12)23-28-22-13/h2-8H,9H2,1H3,(H,20,25)(H,21,27). The summed E-state index contributed by atoms with van der Waals surface area (Å²) in [5.41, 5.74) is 1.11. The Morgan fingerprint density at radius 3 is 2.82 bits per heavy atom. The van der Waals surface area contributed by atoms with E-state index in [9.17, 15) is 14.4 Å². The average Bonchev–Trinajstić information content (AvgIpc) is 3.22. The number of hydrogen-bond acceptors (Lipinski definition) is 6. The molecule has 10 heteroatoms. The van der Waals surface area contributed by atoms with E-state index in [2.05, 4.69) is 35.3 Å². The number of amides is 4. The number of hydrogen-bond donors (Lipinski definition) is 2. The van der Waals surface area contributed by atoms with Crippen molar-refractivity contribution < 1.29 is 14.4 Å². The minimum atomic E-state index is -1.24. The molecular formula is C18H14BrN5O3S. The Hall–Kier alpha value is -2.85. The summed E-state index contributed by atoms with van der Waals surface area (Å²) in [7, 11) is 0. The van der Waals surface area contributed by atoms with Crippen LogP contribution >= 0.6 is 27.7 Å². The number of aromatic nitrogens is 2. The van der Waals surface area contributed by atoms with Gasteiger partial charge in [-0.1, -0.05) is 34.1 Å². The van der Waals surface area contributed by atoms with Crippen LogP contribution < -0.4 is 10.6 Å². The van der Waals surface area contributed by atoms with Crippen LogP contribution in [0, 0.1) is 0 Å². The van der Waals surface area contributed by atoms with Crippen molar-refractivity contribution in [1.29, 1.82) is 0 Å². The highest BCUT2D eigenvalue weighted by Gasteiger charge is 2.49. The number of urea groups is 1. The molecule has 1 aliphatic heterocycles. The van der Waals surface area contributed by atoms with Gasteiger partial charge in [-0.2, -0.15) is 8.75 Å². The zero-order chi connectivity index (χ0) is 19.9. The summed E-state index contributed by atoms with van der Waals surface area (Å²) in [4.78, 5) is 38.7. The molecule has 1 atom stereocenters. The first-order chi connectivity index (χ1) is 13.4. The molecule has 4 rings (SSSR count). The topological polar surface area (TPSA) is 104 Å². The second-order valence-electron chi connectivity index (χ2n) is 6.44. The van der Waals surface area contributed by atoms with E-state index in [0.29, 0.717) is 22.3 Å². The molecule has 1 aromatic heterocycles. The van der Waals surface area contributed by atoms with Crippen LogP contribution in [-0.2, 0) is 15.1 Å². The van der Waals surface area contributed by atoms with Crippen molar-refractivity contribution in [1.82, 2.24) is 19.0 Å².